The molecule has 1 unspecified atom stereocenters. The number of aliphatic hydroxyl groups excluding tert-OH is 2. The monoisotopic (exact) mass is 961 g/mol. The van der Waals surface area contributed by atoms with Gasteiger partial charge in [-0.25, -0.2) is 4.57 Å². The summed E-state index contributed by atoms with van der Waals surface area (Å²) in [4.78, 5) is 22.7. The molecule has 0 aromatic carbocycles. The lowest BCUT2D eigenvalue weighted by atomic mass is 10.0. The number of aliphatic hydroxyl groups is 2. The first-order chi connectivity index (χ1) is 32.3. The van der Waals surface area contributed by atoms with Crippen LogP contribution < -0.4 is 0 Å². The van der Waals surface area contributed by atoms with Crippen LogP contribution in [-0.4, -0.2) is 66.3 Å². The third kappa shape index (κ3) is 52.8. The van der Waals surface area contributed by atoms with Crippen LogP contribution in [0.2, 0.25) is 0 Å². The lowest BCUT2D eigenvalue weighted by Crippen LogP contribution is -2.29. The number of rotatable bonds is 57. The first kappa shape index (κ1) is 65.5. The van der Waals surface area contributed by atoms with Crippen LogP contribution in [0.25, 0.3) is 0 Å². The molecule has 0 saturated heterocycles. The average Bonchev–Trinajstić information content (AvgIpc) is 3.31. The van der Waals surface area contributed by atoms with Crippen LogP contribution in [0.15, 0.2) is 0 Å². The fourth-order valence-electron chi connectivity index (χ4n) is 8.89. The molecule has 0 aromatic rings. The summed E-state index contributed by atoms with van der Waals surface area (Å²) in [5.74, 6) is -0.371. The summed E-state index contributed by atoms with van der Waals surface area (Å²) in [6.45, 7) is 3.62. The second-order valence-electron chi connectivity index (χ2n) is 20.0. The molecule has 66 heavy (non-hydrogen) atoms. The molecule has 0 heterocycles. The van der Waals surface area contributed by atoms with Crippen LogP contribution in [0.3, 0.4) is 0 Å². The summed E-state index contributed by atoms with van der Waals surface area (Å²) in [5.41, 5.74) is 0. The maximum atomic E-state index is 12.7. The molecule has 0 aliphatic rings. The Morgan fingerprint density at radius 2 is 0.682 bits per heavy atom. The minimum absolute atomic E-state index is 0.0589. The van der Waals surface area contributed by atoms with E-state index in [1.54, 1.807) is 0 Å². The summed E-state index contributed by atoms with van der Waals surface area (Å²) in [6.07, 6.45) is 58.1. The zero-order chi connectivity index (χ0) is 48.1. The van der Waals surface area contributed by atoms with Gasteiger partial charge in [0.1, 0.15) is 12.2 Å². The normalized spacial score (nSPS) is 13.6. The van der Waals surface area contributed by atoms with E-state index in [0.29, 0.717) is 6.61 Å². The molecule has 0 aliphatic heterocycles. The molecule has 0 fully saturated rings. The van der Waals surface area contributed by atoms with Gasteiger partial charge >= 0.3 is 13.8 Å². The Hall–Kier alpha value is -0.540. The maximum Gasteiger partial charge on any atom is 0.472 e. The highest BCUT2D eigenvalue weighted by Crippen LogP contribution is 2.43. The standard InChI is InChI=1S/C56H113O9P/c1-3-5-7-9-11-13-15-17-19-21-22-23-24-25-26-27-28-29-30-31-32-33-34-36-38-40-42-44-46-48-56(59)65-55(53-64-66(60,61)63-51-54(58)50-57)52-62-49-47-45-43-41-39-37-35-20-18-16-14-12-10-8-6-4-2/h54-55,57-58H,3-53H2,1-2H3,(H,60,61)/t54-,55+/m0/s1. The van der Waals surface area contributed by atoms with Crippen LogP contribution in [0, 0.1) is 0 Å². The van der Waals surface area contributed by atoms with Gasteiger partial charge in [-0.1, -0.05) is 290 Å². The van der Waals surface area contributed by atoms with Crippen molar-refractivity contribution in [1.82, 2.24) is 0 Å². The van der Waals surface area contributed by atoms with E-state index < -0.39 is 33.2 Å². The Morgan fingerprint density at radius 1 is 0.409 bits per heavy atom. The van der Waals surface area contributed by atoms with Crippen molar-refractivity contribution in [1.29, 1.82) is 0 Å². The minimum atomic E-state index is -4.52. The number of esters is 1. The van der Waals surface area contributed by atoms with Crippen LogP contribution in [0.5, 0.6) is 0 Å². The van der Waals surface area contributed by atoms with Gasteiger partial charge in [0, 0.05) is 13.0 Å². The summed E-state index contributed by atoms with van der Waals surface area (Å²) in [7, 11) is -4.52. The summed E-state index contributed by atoms with van der Waals surface area (Å²) >= 11 is 0. The zero-order valence-electron chi connectivity index (χ0n) is 44.0. The van der Waals surface area contributed by atoms with E-state index in [9.17, 15) is 19.4 Å². The van der Waals surface area contributed by atoms with Gasteiger partial charge < -0.3 is 24.6 Å². The molecule has 0 bridgehead atoms. The number of hydrogen-bond acceptors (Lipinski definition) is 8. The number of phosphoric ester groups is 1. The Kier molecular flexibility index (Phi) is 53.4. The fourth-order valence-corrected chi connectivity index (χ4v) is 9.68. The van der Waals surface area contributed by atoms with Crippen molar-refractivity contribution in [3.63, 3.8) is 0 Å². The highest BCUT2D eigenvalue weighted by molar-refractivity contribution is 7.47. The molecule has 10 heteroatoms. The highest BCUT2D eigenvalue weighted by Gasteiger charge is 2.26. The zero-order valence-corrected chi connectivity index (χ0v) is 44.8. The number of ether oxygens (including phenoxy) is 2. The van der Waals surface area contributed by atoms with Crippen LogP contribution in [0.1, 0.15) is 309 Å². The molecule has 0 radical (unpaired) electrons. The van der Waals surface area contributed by atoms with Crippen LogP contribution >= 0.6 is 7.82 Å². The van der Waals surface area contributed by atoms with Crippen LogP contribution in [0.4, 0.5) is 0 Å². The van der Waals surface area contributed by atoms with Crippen molar-refractivity contribution in [2.24, 2.45) is 0 Å². The van der Waals surface area contributed by atoms with E-state index in [1.165, 1.54) is 257 Å². The number of unbranched alkanes of at least 4 members (excludes halogenated alkanes) is 43. The Morgan fingerprint density at radius 3 is 0.985 bits per heavy atom. The van der Waals surface area contributed by atoms with Gasteiger partial charge in [0.2, 0.25) is 0 Å². The van der Waals surface area contributed by atoms with Crippen molar-refractivity contribution in [2.45, 2.75) is 321 Å². The van der Waals surface area contributed by atoms with Crippen LogP contribution in [-0.2, 0) is 27.9 Å². The van der Waals surface area contributed by atoms with Gasteiger partial charge in [-0.05, 0) is 12.8 Å². The molecular weight excluding hydrogens is 848 g/mol. The summed E-state index contributed by atoms with van der Waals surface area (Å²) < 4.78 is 33.6. The Labute approximate surface area is 409 Å². The van der Waals surface area contributed by atoms with Gasteiger partial charge in [-0.3, -0.25) is 13.8 Å². The molecule has 0 amide bonds. The van der Waals surface area contributed by atoms with E-state index in [0.717, 1.165) is 32.1 Å². The minimum Gasteiger partial charge on any atom is -0.457 e. The van der Waals surface area contributed by atoms with Crippen molar-refractivity contribution in [2.75, 3.05) is 33.0 Å². The van der Waals surface area contributed by atoms with Crippen molar-refractivity contribution < 1.29 is 43.0 Å². The van der Waals surface area contributed by atoms with E-state index in [2.05, 4.69) is 13.8 Å². The molecule has 0 aromatic heterocycles. The largest absolute Gasteiger partial charge is 0.472 e. The molecule has 0 saturated carbocycles. The quantitative estimate of drug-likeness (QED) is 0.0310. The molecule has 3 atom stereocenters. The topological polar surface area (TPSA) is 132 Å². The predicted molar refractivity (Wildman–Crippen MR) is 279 cm³/mol. The molecule has 0 rings (SSSR count). The van der Waals surface area contributed by atoms with Gasteiger partial charge in [0.25, 0.3) is 0 Å². The molecule has 0 spiro atoms. The predicted octanol–water partition coefficient (Wildman–Crippen LogP) is 17.4. The molecular formula is C56H113O9P. The maximum absolute atomic E-state index is 12.7. The van der Waals surface area contributed by atoms with E-state index >= 15 is 0 Å². The summed E-state index contributed by atoms with van der Waals surface area (Å²) in [6, 6.07) is 0. The lowest BCUT2D eigenvalue weighted by molar-refractivity contribution is -0.154. The smallest absolute Gasteiger partial charge is 0.457 e. The van der Waals surface area contributed by atoms with Crippen molar-refractivity contribution >= 4 is 13.8 Å². The van der Waals surface area contributed by atoms with Crippen molar-refractivity contribution in [3.8, 4) is 0 Å². The number of carbonyl (C=O) groups is 1. The number of phosphoric acid groups is 1. The molecule has 396 valence electrons. The third-order valence-electron chi connectivity index (χ3n) is 13.3. The van der Waals surface area contributed by atoms with E-state index in [1.807, 2.05) is 0 Å². The molecule has 0 aliphatic carbocycles. The molecule has 3 N–H and O–H groups in total. The third-order valence-corrected chi connectivity index (χ3v) is 14.2. The fraction of sp³-hybridized carbons (Fsp3) is 0.982. The first-order valence-electron chi connectivity index (χ1n) is 29.0. The first-order valence-corrected chi connectivity index (χ1v) is 30.5. The number of hydrogen-bond donors (Lipinski definition) is 3. The molecule has 9 nitrogen and oxygen atoms in total. The van der Waals surface area contributed by atoms with Gasteiger partial charge in [-0.15, -0.1) is 0 Å². The van der Waals surface area contributed by atoms with E-state index in [4.69, 9.17) is 23.6 Å². The number of carbonyl (C=O) groups excluding carboxylic acids is 1. The Bertz CT molecular complexity index is 1000. The second kappa shape index (κ2) is 53.8. The van der Waals surface area contributed by atoms with Crippen molar-refractivity contribution in [3.05, 3.63) is 0 Å². The summed E-state index contributed by atoms with van der Waals surface area (Å²) in [5, 5.41) is 18.4. The van der Waals surface area contributed by atoms with Gasteiger partial charge in [0.05, 0.1) is 26.4 Å². The lowest BCUT2D eigenvalue weighted by Gasteiger charge is -2.20. The average molecular weight is 961 g/mol. The Balaban J connectivity index is 3.87. The van der Waals surface area contributed by atoms with Gasteiger partial charge in [-0.2, -0.15) is 0 Å². The van der Waals surface area contributed by atoms with Gasteiger partial charge in [0.15, 0.2) is 0 Å². The highest BCUT2D eigenvalue weighted by atomic mass is 31.2. The second-order valence-corrected chi connectivity index (χ2v) is 21.5. The SMILES string of the molecule is CCCCCCCCCCCCCCCCCCCCCCCCCCCCCCCC(=O)O[C@H](COCCCCCCCCCCCCCCCCCC)COP(=O)(O)OC[C@@H](O)CO. The van der Waals surface area contributed by atoms with E-state index in [-0.39, 0.29) is 25.6 Å².